The molecule has 0 N–H and O–H groups in total. The minimum absolute atomic E-state index is 0.0249. The highest BCUT2D eigenvalue weighted by atomic mass is 79.9. The molecule has 1 aromatic rings. The lowest BCUT2D eigenvalue weighted by atomic mass is 10.1. The van der Waals surface area contributed by atoms with E-state index in [1.54, 1.807) is 0 Å². The summed E-state index contributed by atoms with van der Waals surface area (Å²) in [7, 11) is 1.16. The van der Waals surface area contributed by atoms with E-state index in [9.17, 15) is 19.7 Å². The molecule has 0 heterocycles. The van der Waals surface area contributed by atoms with Crippen molar-refractivity contribution in [1.29, 1.82) is 0 Å². The summed E-state index contributed by atoms with van der Waals surface area (Å²) in [6, 6.07) is 2.16. The van der Waals surface area contributed by atoms with Crippen LogP contribution < -0.4 is 0 Å². The molecule has 0 aliphatic carbocycles. The Kier molecular flexibility index (Phi) is 3.73. The number of hydrogen-bond donors (Lipinski definition) is 0. The first-order valence-electron chi connectivity index (χ1n) is 4.02. The van der Waals surface area contributed by atoms with Crippen molar-refractivity contribution in [3.63, 3.8) is 0 Å². The molecule has 0 aliphatic heterocycles. The Labute approximate surface area is 98.5 Å². The second-order valence-electron chi connectivity index (χ2n) is 2.76. The number of nitro benzene ring substituents is 1. The van der Waals surface area contributed by atoms with Gasteiger partial charge in [-0.15, -0.1) is 0 Å². The molecule has 0 radical (unpaired) electrons. The molecule has 0 saturated heterocycles. The van der Waals surface area contributed by atoms with E-state index in [1.165, 1.54) is 0 Å². The predicted molar refractivity (Wildman–Crippen MR) is 57.5 cm³/mol. The number of rotatable bonds is 3. The van der Waals surface area contributed by atoms with Crippen molar-refractivity contribution in [1.82, 2.24) is 0 Å². The average molecular weight is 288 g/mol. The third kappa shape index (κ3) is 2.25. The van der Waals surface area contributed by atoms with Gasteiger partial charge in [0, 0.05) is 22.2 Å². The highest BCUT2D eigenvalue weighted by Gasteiger charge is 2.20. The fraction of sp³-hybridized carbons (Fsp3) is 0.111. The Morgan fingerprint density at radius 1 is 1.56 bits per heavy atom. The van der Waals surface area contributed by atoms with Crippen LogP contribution in [0.3, 0.4) is 0 Å². The third-order valence-electron chi connectivity index (χ3n) is 1.83. The molecule has 7 heteroatoms. The minimum Gasteiger partial charge on any atom is -0.465 e. The van der Waals surface area contributed by atoms with Crippen LogP contribution in [-0.2, 0) is 4.74 Å². The van der Waals surface area contributed by atoms with E-state index in [0.29, 0.717) is 6.29 Å². The fourth-order valence-electron chi connectivity index (χ4n) is 1.13. The average Bonchev–Trinajstić information content (AvgIpc) is 2.26. The summed E-state index contributed by atoms with van der Waals surface area (Å²) >= 11 is 2.98. The predicted octanol–water partition coefficient (Wildman–Crippen LogP) is 1.96. The zero-order chi connectivity index (χ0) is 12.3. The van der Waals surface area contributed by atoms with Crippen molar-refractivity contribution in [2.75, 3.05) is 7.11 Å². The second-order valence-corrected chi connectivity index (χ2v) is 3.61. The summed E-state index contributed by atoms with van der Waals surface area (Å²) in [5.74, 6) is -0.733. The van der Waals surface area contributed by atoms with Crippen LogP contribution in [0.25, 0.3) is 0 Å². The van der Waals surface area contributed by atoms with E-state index in [0.717, 1.165) is 19.2 Å². The van der Waals surface area contributed by atoms with E-state index in [1.807, 2.05) is 0 Å². The Balaban J connectivity index is 3.45. The van der Waals surface area contributed by atoms with Crippen molar-refractivity contribution < 1.29 is 19.2 Å². The van der Waals surface area contributed by atoms with Gasteiger partial charge in [-0.3, -0.25) is 14.9 Å². The lowest BCUT2D eigenvalue weighted by Crippen LogP contribution is -2.07. The van der Waals surface area contributed by atoms with Gasteiger partial charge in [-0.05, 0) is 15.9 Å². The van der Waals surface area contributed by atoms with E-state index in [4.69, 9.17) is 0 Å². The van der Waals surface area contributed by atoms with Gasteiger partial charge in [-0.1, -0.05) is 0 Å². The maximum atomic E-state index is 11.3. The first-order valence-corrected chi connectivity index (χ1v) is 4.82. The standard InChI is InChI=1S/C9H6BrNO5/c1-16-9(13)8-5(4-12)2-6(11(14)15)3-7(8)10/h2-4H,1H3. The molecule has 0 aliphatic rings. The Bertz CT molecular complexity index is 471. The molecule has 0 saturated carbocycles. The summed E-state index contributed by atoms with van der Waals surface area (Å²) in [5.41, 5.74) is -0.391. The summed E-state index contributed by atoms with van der Waals surface area (Å²) in [4.78, 5) is 31.9. The molecule has 0 amide bonds. The maximum Gasteiger partial charge on any atom is 0.339 e. The molecule has 0 atom stereocenters. The highest BCUT2D eigenvalue weighted by molar-refractivity contribution is 9.10. The van der Waals surface area contributed by atoms with Crippen LogP contribution in [0.15, 0.2) is 16.6 Å². The fourth-order valence-corrected chi connectivity index (χ4v) is 1.75. The molecular formula is C9H6BrNO5. The van der Waals surface area contributed by atoms with Crippen molar-refractivity contribution in [3.8, 4) is 0 Å². The van der Waals surface area contributed by atoms with Gasteiger partial charge in [-0.2, -0.15) is 0 Å². The van der Waals surface area contributed by atoms with Crippen molar-refractivity contribution >= 4 is 33.9 Å². The largest absolute Gasteiger partial charge is 0.465 e. The molecule has 0 spiro atoms. The third-order valence-corrected chi connectivity index (χ3v) is 2.46. The molecule has 84 valence electrons. The molecule has 0 bridgehead atoms. The van der Waals surface area contributed by atoms with Gasteiger partial charge < -0.3 is 4.74 Å². The summed E-state index contributed by atoms with van der Waals surface area (Å²) in [5, 5.41) is 10.5. The molecule has 16 heavy (non-hydrogen) atoms. The molecule has 0 fully saturated rings. The van der Waals surface area contributed by atoms with Crippen molar-refractivity contribution in [2.24, 2.45) is 0 Å². The van der Waals surface area contributed by atoms with Gasteiger partial charge in [0.25, 0.3) is 5.69 Å². The number of benzene rings is 1. The number of ether oxygens (including phenoxy) is 1. The van der Waals surface area contributed by atoms with Crippen LogP contribution in [0.5, 0.6) is 0 Å². The van der Waals surface area contributed by atoms with Crippen LogP contribution in [0.1, 0.15) is 20.7 Å². The zero-order valence-electron chi connectivity index (χ0n) is 8.10. The van der Waals surface area contributed by atoms with Gasteiger partial charge in [0.1, 0.15) is 0 Å². The number of carbonyl (C=O) groups excluding carboxylic acids is 2. The zero-order valence-corrected chi connectivity index (χ0v) is 9.68. The van der Waals surface area contributed by atoms with E-state index >= 15 is 0 Å². The molecule has 0 unspecified atom stereocenters. The number of halogens is 1. The quantitative estimate of drug-likeness (QED) is 0.367. The van der Waals surface area contributed by atoms with Gasteiger partial charge in [0.05, 0.1) is 17.6 Å². The molecule has 1 rings (SSSR count). The molecule has 6 nitrogen and oxygen atoms in total. The van der Waals surface area contributed by atoms with Gasteiger partial charge >= 0.3 is 5.97 Å². The number of nitrogens with zero attached hydrogens (tertiary/aromatic N) is 1. The summed E-state index contributed by atoms with van der Waals surface area (Å²) in [6.07, 6.45) is 0.365. The number of methoxy groups -OCH3 is 1. The van der Waals surface area contributed by atoms with Gasteiger partial charge in [0.2, 0.25) is 0 Å². The Hall–Kier alpha value is -1.76. The summed E-state index contributed by atoms with van der Waals surface area (Å²) in [6.45, 7) is 0. The first kappa shape index (κ1) is 12.3. The number of hydrogen-bond acceptors (Lipinski definition) is 5. The molecule has 1 aromatic carbocycles. The van der Waals surface area contributed by atoms with E-state index in [-0.39, 0.29) is 21.3 Å². The van der Waals surface area contributed by atoms with E-state index in [2.05, 4.69) is 20.7 Å². The number of non-ortho nitro benzene ring substituents is 1. The van der Waals surface area contributed by atoms with Crippen LogP contribution in [0.2, 0.25) is 0 Å². The monoisotopic (exact) mass is 287 g/mol. The van der Waals surface area contributed by atoms with Crippen LogP contribution in [0.4, 0.5) is 5.69 Å². The normalized spacial score (nSPS) is 9.62. The molecular weight excluding hydrogens is 282 g/mol. The number of carbonyl (C=O) groups is 2. The number of aldehydes is 1. The van der Waals surface area contributed by atoms with Crippen LogP contribution in [0, 0.1) is 10.1 Å². The topological polar surface area (TPSA) is 86.5 Å². The van der Waals surface area contributed by atoms with Crippen molar-refractivity contribution in [3.05, 3.63) is 37.8 Å². The van der Waals surface area contributed by atoms with Crippen molar-refractivity contribution in [2.45, 2.75) is 0 Å². The SMILES string of the molecule is COC(=O)c1c(Br)cc([N+](=O)[O-])cc1C=O. The lowest BCUT2D eigenvalue weighted by molar-refractivity contribution is -0.384. The number of nitro groups is 1. The lowest BCUT2D eigenvalue weighted by Gasteiger charge is -2.05. The highest BCUT2D eigenvalue weighted by Crippen LogP contribution is 2.26. The number of esters is 1. The second kappa shape index (κ2) is 4.84. The first-order chi connectivity index (χ1) is 7.51. The van der Waals surface area contributed by atoms with Crippen LogP contribution in [-0.4, -0.2) is 24.3 Å². The van der Waals surface area contributed by atoms with Crippen LogP contribution >= 0.6 is 15.9 Å². The Morgan fingerprint density at radius 3 is 2.62 bits per heavy atom. The van der Waals surface area contributed by atoms with E-state index < -0.39 is 10.9 Å². The minimum atomic E-state index is -0.733. The molecule has 0 aromatic heterocycles. The van der Waals surface area contributed by atoms with Gasteiger partial charge in [-0.25, -0.2) is 4.79 Å². The van der Waals surface area contributed by atoms with Gasteiger partial charge in [0.15, 0.2) is 6.29 Å². The summed E-state index contributed by atoms with van der Waals surface area (Å²) < 4.78 is 4.61. The maximum absolute atomic E-state index is 11.3. The smallest absolute Gasteiger partial charge is 0.339 e. The Morgan fingerprint density at radius 2 is 2.19 bits per heavy atom.